The molecule has 0 radical (unpaired) electrons. The average Bonchev–Trinajstić information content (AvgIpc) is 3.56. The van der Waals surface area contributed by atoms with Crippen molar-refractivity contribution in [3.05, 3.63) is 95.7 Å². The van der Waals surface area contributed by atoms with E-state index in [0.29, 0.717) is 37.8 Å². The molecule has 0 bridgehead atoms. The van der Waals surface area contributed by atoms with Crippen molar-refractivity contribution in [1.29, 1.82) is 0 Å². The van der Waals surface area contributed by atoms with Crippen LogP contribution in [0.4, 0.5) is 10.6 Å². The number of nitrogens with one attached hydrogen (secondary N) is 1. The number of rotatable bonds is 10. The Morgan fingerprint density at radius 1 is 1.05 bits per heavy atom. The second-order valence-corrected chi connectivity index (χ2v) is 10.2. The van der Waals surface area contributed by atoms with Crippen LogP contribution in [0, 0.1) is 0 Å². The van der Waals surface area contributed by atoms with Crippen molar-refractivity contribution >= 4 is 29.4 Å². The topological polar surface area (TPSA) is 115 Å². The maximum atomic E-state index is 13.1. The van der Waals surface area contributed by atoms with Gasteiger partial charge in [0.1, 0.15) is 29.7 Å². The SMILES string of the molecule is COc1ccc(CCNC(=O)CC2CN(C(=O)OCc3ccccc3)CCN2c2cc(Cl)nc(-n3ccnc3)n2)cc1. The van der Waals surface area contributed by atoms with Gasteiger partial charge in [-0.15, -0.1) is 0 Å². The van der Waals surface area contributed by atoms with Gasteiger partial charge in [0.15, 0.2) is 0 Å². The molecule has 5 rings (SSSR count). The molecule has 1 aliphatic heterocycles. The number of piperazine rings is 1. The van der Waals surface area contributed by atoms with Crippen molar-refractivity contribution in [2.45, 2.75) is 25.5 Å². The van der Waals surface area contributed by atoms with Gasteiger partial charge in [-0.3, -0.25) is 9.36 Å². The number of halogens is 1. The summed E-state index contributed by atoms with van der Waals surface area (Å²) < 4.78 is 12.5. The molecular formula is C30H32ClN7O4. The monoisotopic (exact) mass is 589 g/mol. The number of aromatic nitrogens is 4. The number of anilines is 1. The predicted molar refractivity (Wildman–Crippen MR) is 158 cm³/mol. The van der Waals surface area contributed by atoms with Crippen LogP contribution in [0.1, 0.15) is 17.5 Å². The third-order valence-electron chi connectivity index (χ3n) is 6.96. The van der Waals surface area contributed by atoms with Crippen LogP contribution in [-0.2, 0) is 22.6 Å². The number of benzene rings is 2. The fraction of sp³-hybridized carbons (Fsp3) is 0.300. The van der Waals surface area contributed by atoms with Crippen LogP contribution >= 0.6 is 11.6 Å². The van der Waals surface area contributed by atoms with Crippen molar-refractivity contribution in [2.75, 3.05) is 38.2 Å². The van der Waals surface area contributed by atoms with E-state index in [9.17, 15) is 9.59 Å². The number of carbonyl (C=O) groups excluding carboxylic acids is 2. The lowest BCUT2D eigenvalue weighted by Gasteiger charge is -2.41. The summed E-state index contributed by atoms with van der Waals surface area (Å²) in [6, 6.07) is 18.6. The third-order valence-corrected chi connectivity index (χ3v) is 7.15. The minimum absolute atomic E-state index is 0.131. The highest BCUT2D eigenvalue weighted by atomic mass is 35.5. The minimum Gasteiger partial charge on any atom is -0.497 e. The van der Waals surface area contributed by atoms with E-state index in [1.807, 2.05) is 59.5 Å². The molecule has 1 saturated heterocycles. The normalized spacial score (nSPS) is 14.9. The van der Waals surface area contributed by atoms with Gasteiger partial charge in [-0.2, -0.15) is 4.98 Å². The first kappa shape index (κ1) is 28.9. The van der Waals surface area contributed by atoms with Crippen LogP contribution < -0.4 is 15.0 Å². The number of amides is 2. The van der Waals surface area contributed by atoms with E-state index < -0.39 is 6.09 Å². The summed E-state index contributed by atoms with van der Waals surface area (Å²) in [6.45, 7) is 1.75. The van der Waals surface area contributed by atoms with E-state index in [1.54, 1.807) is 41.4 Å². The second kappa shape index (κ2) is 13.8. The molecule has 42 heavy (non-hydrogen) atoms. The summed E-state index contributed by atoms with van der Waals surface area (Å²) in [5.74, 6) is 1.58. The number of methoxy groups -OCH3 is 1. The van der Waals surface area contributed by atoms with Crippen LogP contribution in [0.5, 0.6) is 5.75 Å². The lowest BCUT2D eigenvalue weighted by molar-refractivity contribution is -0.121. The van der Waals surface area contributed by atoms with Crippen molar-refractivity contribution < 1.29 is 19.1 Å². The number of hydrogen-bond acceptors (Lipinski definition) is 8. The van der Waals surface area contributed by atoms with Gasteiger partial charge in [0.2, 0.25) is 11.9 Å². The molecule has 11 nitrogen and oxygen atoms in total. The van der Waals surface area contributed by atoms with E-state index >= 15 is 0 Å². The molecule has 4 aromatic rings. The van der Waals surface area contributed by atoms with Gasteiger partial charge in [0.05, 0.1) is 13.2 Å². The van der Waals surface area contributed by atoms with Crippen LogP contribution in [0.25, 0.3) is 5.95 Å². The molecule has 1 atom stereocenters. The zero-order valence-corrected chi connectivity index (χ0v) is 24.0. The second-order valence-electron chi connectivity index (χ2n) is 9.80. The van der Waals surface area contributed by atoms with Gasteiger partial charge in [0.25, 0.3) is 0 Å². The van der Waals surface area contributed by atoms with E-state index in [4.69, 9.17) is 26.1 Å². The molecule has 1 fully saturated rings. The fourth-order valence-corrected chi connectivity index (χ4v) is 4.94. The number of ether oxygens (including phenoxy) is 2. The first-order valence-electron chi connectivity index (χ1n) is 13.6. The Bertz CT molecular complexity index is 1470. The van der Waals surface area contributed by atoms with Gasteiger partial charge in [0, 0.05) is 51.1 Å². The molecule has 2 amide bonds. The van der Waals surface area contributed by atoms with Gasteiger partial charge >= 0.3 is 6.09 Å². The number of imidazole rings is 1. The molecule has 1 unspecified atom stereocenters. The molecule has 12 heteroatoms. The first-order chi connectivity index (χ1) is 20.5. The number of carbonyl (C=O) groups is 2. The quantitative estimate of drug-likeness (QED) is 0.277. The Morgan fingerprint density at radius 3 is 2.60 bits per heavy atom. The molecule has 3 heterocycles. The Labute approximate surface area is 249 Å². The number of hydrogen-bond donors (Lipinski definition) is 1. The zero-order chi connectivity index (χ0) is 29.3. The minimum atomic E-state index is -0.428. The Kier molecular flexibility index (Phi) is 9.50. The van der Waals surface area contributed by atoms with Crippen LogP contribution in [0.3, 0.4) is 0 Å². The van der Waals surface area contributed by atoms with Gasteiger partial charge in [-0.05, 0) is 29.7 Å². The van der Waals surface area contributed by atoms with Crippen LogP contribution in [0.15, 0.2) is 79.4 Å². The maximum absolute atomic E-state index is 13.1. The highest BCUT2D eigenvalue weighted by Crippen LogP contribution is 2.25. The zero-order valence-electron chi connectivity index (χ0n) is 23.2. The summed E-state index contributed by atoms with van der Waals surface area (Å²) in [5.41, 5.74) is 1.99. The van der Waals surface area contributed by atoms with Crippen molar-refractivity contribution in [3.8, 4) is 11.7 Å². The van der Waals surface area contributed by atoms with Crippen LogP contribution in [-0.4, -0.2) is 75.8 Å². The predicted octanol–water partition coefficient (Wildman–Crippen LogP) is 3.90. The van der Waals surface area contributed by atoms with Gasteiger partial charge in [-0.1, -0.05) is 54.1 Å². The highest BCUT2D eigenvalue weighted by Gasteiger charge is 2.33. The first-order valence-corrected chi connectivity index (χ1v) is 14.0. The Hall–Kier alpha value is -4.64. The molecular weight excluding hydrogens is 558 g/mol. The summed E-state index contributed by atoms with van der Waals surface area (Å²) in [6.07, 6.45) is 5.34. The molecule has 218 valence electrons. The smallest absolute Gasteiger partial charge is 0.410 e. The van der Waals surface area contributed by atoms with E-state index in [0.717, 1.165) is 16.9 Å². The summed E-state index contributed by atoms with van der Waals surface area (Å²) in [4.78, 5) is 42.8. The fourth-order valence-electron chi connectivity index (χ4n) is 4.77. The van der Waals surface area contributed by atoms with Gasteiger partial charge in [-0.25, -0.2) is 14.8 Å². The molecule has 1 N–H and O–H groups in total. The van der Waals surface area contributed by atoms with Crippen molar-refractivity contribution in [3.63, 3.8) is 0 Å². The molecule has 2 aromatic heterocycles. The molecule has 0 aliphatic carbocycles. The largest absolute Gasteiger partial charge is 0.497 e. The Balaban J connectivity index is 1.27. The van der Waals surface area contributed by atoms with E-state index in [-0.39, 0.29) is 36.7 Å². The standard InChI is InChI=1S/C30H32ClN7O4/c1-41-25-9-7-22(8-10-25)11-12-33-28(39)17-24-19-36(30(40)42-20-23-5-3-2-4-6-23)15-16-38(24)27-18-26(31)34-29(35-27)37-14-13-32-21-37/h2-10,13-14,18,21,24H,11-12,15-17,19-20H2,1H3,(H,33,39). The van der Waals surface area contributed by atoms with Crippen molar-refractivity contribution in [1.82, 2.24) is 29.7 Å². The number of nitrogens with zero attached hydrogens (tertiary/aromatic N) is 6. The van der Waals surface area contributed by atoms with E-state index in [2.05, 4.69) is 15.3 Å². The molecule has 1 aliphatic rings. The van der Waals surface area contributed by atoms with Gasteiger partial charge < -0.3 is 24.6 Å². The van der Waals surface area contributed by atoms with Crippen LogP contribution in [0.2, 0.25) is 5.15 Å². The van der Waals surface area contributed by atoms with E-state index in [1.165, 1.54) is 0 Å². The Morgan fingerprint density at radius 2 is 1.86 bits per heavy atom. The maximum Gasteiger partial charge on any atom is 0.410 e. The molecule has 2 aromatic carbocycles. The van der Waals surface area contributed by atoms with Crippen molar-refractivity contribution in [2.24, 2.45) is 0 Å². The summed E-state index contributed by atoms with van der Waals surface area (Å²) >= 11 is 6.38. The molecule has 0 spiro atoms. The third kappa shape index (κ3) is 7.55. The highest BCUT2D eigenvalue weighted by molar-refractivity contribution is 6.29. The summed E-state index contributed by atoms with van der Waals surface area (Å²) in [5, 5.41) is 3.27. The lowest BCUT2D eigenvalue weighted by Crippen LogP contribution is -2.56. The summed E-state index contributed by atoms with van der Waals surface area (Å²) in [7, 11) is 1.63. The average molecular weight is 590 g/mol. The molecule has 0 saturated carbocycles. The lowest BCUT2D eigenvalue weighted by atomic mass is 10.1.